The molecule has 0 aliphatic rings. The normalized spacial score (nSPS) is 11.1. The Morgan fingerprint density at radius 3 is 2.43 bits per heavy atom. The van der Waals surface area contributed by atoms with Crippen LogP contribution in [0.25, 0.3) is 0 Å². The second kappa shape index (κ2) is 6.16. The molecule has 0 saturated carbocycles. The molecule has 0 aliphatic carbocycles. The van der Waals surface area contributed by atoms with Crippen LogP contribution in [0.4, 0.5) is 10.2 Å². The van der Waals surface area contributed by atoms with Gasteiger partial charge in [-0.05, 0) is 30.3 Å². The topological polar surface area (TPSA) is 79.3 Å². The standard InChI is InChI=1S/C17H17FN2O3/c1-17(2,3)13-5-4-6-14(19-13)20-15(21)11-8-7-10(16(22)23)9-12(11)18/h4-9H,1-3H3,(H,22,23)(H,19,20,21). The van der Waals surface area contributed by atoms with Crippen molar-refractivity contribution in [3.63, 3.8) is 0 Å². The molecular formula is C17H17FN2O3. The number of carbonyl (C=O) groups is 2. The van der Waals surface area contributed by atoms with E-state index >= 15 is 0 Å². The summed E-state index contributed by atoms with van der Waals surface area (Å²) in [6.07, 6.45) is 0. The van der Waals surface area contributed by atoms with Crippen molar-refractivity contribution in [2.24, 2.45) is 0 Å². The van der Waals surface area contributed by atoms with Gasteiger partial charge in [-0.1, -0.05) is 26.8 Å². The van der Waals surface area contributed by atoms with E-state index in [0.717, 1.165) is 17.8 Å². The number of benzene rings is 1. The van der Waals surface area contributed by atoms with Crippen molar-refractivity contribution in [3.8, 4) is 0 Å². The first-order valence-electron chi connectivity index (χ1n) is 7.00. The second-order valence-electron chi connectivity index (χ2n) is 6.11. The summed E-state index contributed by atoms with van der Waals surface area (Å²) in [5.41, 5.74) is 0.150. The summed E-state index contributed by atoms with van der Waals surface area (Å²) in [5, 5.41) is 11.3. The van der Waals surface area contributed by atoms with Crippen LogP contribution in [-0.4, -0.2) is 22.0 Å². The Kier molecular flexibility index (Phi) is 4.45. The van der Waals surface area contributed by atoms with Crippen molar-refractivity contribution in [1.82, 2.24) is 4.98 Å². The average molecular weight is 316 g/mol. The lowest BCUT2D eigenvalue weighted by Crippen LogP contribution is -2.18. The van der Waals surface area contributed by atoms with E-state index in [4.69, 9.17) is 5.11 Å². The van der Waals surface area contributed by atoms with E-state index in [1.54, 1.807) is 12.1 Å². The van der Waals surface area contributed by atoms with Crippen LogP contribution in [0.2, 0.25) is 0 Å². The van der Waals surface area contributed by atoms with Crippen LogP contribution in [0.1, 0.15) is 47.2 Å². The van der Waals surface area contributed by atoms with Gasteiger partial charge in [-0.15, -0.1) is 0 Å². The first-order valence-corrected chi connectivity index (χ1v) is 7.00. The molecule has 0 fully saturated rings. The van der Waals surface area contributed by atoms with Gasteiger partial charge < -0.3 is 10.4 Å². The summed E-state index contributed by atoms with van der Waals surface area (Å²) in [6, 6.07) is 8.35. The van der Waals surface area contributed by atoms with E-state index in [1.165, 1.54) is 6.07 Å². The highest BCUT2D eigenvalue weighted by atomic mass is 19.1. The smallest absolute Gasteiger partial charge is 0.335 e. The van der Waals surface area contributed by atoms with Gasteiger partial charge in [0.25, 0.3) is 5.91 Å². The number of nitrogens with zero attached hydrogens (tertiary/aromatic N) is 1. The number of pyridine rings is 1. The number of hydrogen-bond donors (Lipinski definition) is 2. The van der Waals surface area contributed by atoms with E-state index in [-0.39, 0.29) is 16.5 Å². The molecule has 2 N–H and O–H groups in total. The maximum absolute atomic E-state index is 13.9. The molecule has 0 atom stereocenters. The van der Waals surface area contributed by atoms with Crippen molar-refractivity contribution < 1.29 is 19.1 Å². The number of anilines is 1. The Balaban J connectivity index is 2.24. The molecule has 0 radical (unpaired) electrons. The predicted octanol–water partition coefficient (Wildman–Crippen LogP) is 3.47. The molecule has 23 heavy (non-hydrogen) atoms. The number of carbonyl (C=O) groups excluding carboxylic acids is 1. The van der Waals surface area contributed by atoms with Crippen molar-refractivity contribution >= 4 is 17.7 Å². The van der Waals surface area contributed by atoms with Gasteiger partial charge in [-0.2, -0.15) is 0 Å². The fourth-order valence-corrected chi connectivity index (χ4v) is 1.94. The van der Waals surface area contributed by atoms with Crippen LogP contribution < -0.4 is 5.32 Å². The monoisotopic (exact) mass is 316 g/mol. The van der Waals surface area contributed by atoms with Gasteiger partial charge in [-0.3, -0.25) is 4.79 Å². The molecule has 1 aromatic heterocycles. The molecular weight excluding hydrogens is 299 g/mol. The second-order valence-corrected chi connectivity index (χ2v) is 6.11. The van der Waals surface area contributed by atoms with Crippen LogP contribution in [0.15, 0.2) is 36.4 Å². The molecule has 0 unspecified atom stereocenters. The minimum Gasteiger partial charge on any atom is -0.478 e. The summed E-state index contributed by atoms with van der Waals surface area (Å²) < 4.78 is 13.9. The van der Waals surface area contributed by atoms with Gasteiger partial charge >= 0.3 is 5.97 Å². The quantitative estimate of drug-likeness (QED) is 0.908. The zero-order valence-corrected chi connectivity index (χ0v) is 13.1. The van der Waals surface area contributed by atoms with Crippen LogP contribution in [0.5, 0.6) is 0 Å². The SMILES string of the molecule is CC(C)(C)c1cccc(NC(=O)c2ccc(C(=O)O)cc2F)n1. The third-order valence-electron chi connectivity index (χ3n) is 3.22. The molecule has 1 aromatic carbocycles. The van der Waals surface area contributed by atoms with E-state index in [9.17, 15) is 14.0 Å². The molecule has 0 aliphatic heterocycles. The minimum atomic E-state index is -1.25. The largest absolute Gasteiger partial charge is 0.478 e. The summed E-state index contributed by atoms with van der Waals surface area (Å²) in [4.78, 5) is 27.3. The summed E-state index contributed by atoms with van der Waals surface area (Å²) in [7, 11) is 0. The molecule has 0 spiro atoms. The first kappa shape index (κ1) is 16.6. The van der Waals surface area contributed by atoms with Gasteiger partial charge in [-0.25, -0.2) is 14.2 Å². The molecule has 120 valence electrons. The van der Waals surface area contributed by atoms with E-state index in [2.05, 4.69) is 10.3 Å². The van der Waals surface area contributed by atoms with Gasteiger partial charge in [0, 0.05) is 11.1 Å². The fourth-order valence-electron chi connectivity index (χ4n) is 1.94. The summed E-state index contributed by atoms with van der Waals surface area (Å²) in [5.74, 6) is -2.52. The molecule has 6 heteroatoms. The van der Waals surface area contributed by atoms with E-state index in [0.29, 0.717) is 5.82 Å². The lowest BCUT2D eigenvalue weighted by molar-refractivity contribution is 0.0695. The first-order chi connectivity index (χ1) is 10.7. The molecule has 0 saturated heterocycles. The molecule has 2 aromatic rings. The highest BCUT2D eigenvalue weighted by Gasteiger charge is 2.18. The van der Waals surface area contributed by atoms with Crippen molar-refractivity contribution in [1.29, 1.82) is 0 Å². The molecule has 0 bridgehead atoms. The Morgan fingerprint density at radius 1 is 1.17 bits per heavy atom. The van der Waals surface area contributed by atoms with Gasteiger partial charge in [0.15, 0.2) is 0 Å². The Bertz CT molecular complexity index is 767. The van der Waals surface area contributed by atoms with Crippen LogP contribution >= 0.6 is 0 Å². The summed E-state index contributed by atoms with van der Waals surface area (Å²) >= 11 is 0. The van der Waals surface area contributed by atoms with Crippen molar-refractivity contribution in [2.75, 3.05) is 5.32 Å². The molecule has 2 rings (SSSR count). The number of aromatic carboxylic acids is 1. The zero-order chi connectivity index (χ0) is 17.2. The maximum Gasteiger partial charge on any atom is 0.335 e. The highest BCUT2D eigenvalue weighted by molar-refractivity contribution is 6.04. The third-order valence-corrected chi connectivity index (χ3v) is 3.22. The van der Waals surface area contributed by atoms with Gasteiger partial charge in [0.1, 0.15) is 11.6 Å². The van der Waals surface area contributed by atoms with Crippen molar-refractivity contribution in [2.45, 2.75) is 26.2 Å². The van der Waals surface area contributed by atoms with Gasteiger partial charge in [0.05, 0.1) is 11.1 Å². The average Bonchev–Trinajstić information content (AvgIpc) is 2.46. The predicted molar refractivity (Wildman–Crippen MR) is 84.2 cm³/mol. The lowest BCUT2D eigenvalue weighted by atomic mass is 9.92. The fraction of sp³-hybridized carbons (Fsp3) is 0.235. The Labute approximate surface area is 133 Å². The molecule has 5 nitrogen and oxygen atoms in total. The molecule has 1 heterocycles. The number of hydrogen-bond acceptors (Lipinski definition) is 3. The highest BCUT2D eigenvalue weighted by Crippen LogP contribution is 2.21. The van der Waals surface area contributed by atoms with Crippen LogP contribution in [0.3, 0.4) is 0 Å². The number of nitrogens with one attached hydrogen (secondary N) is 1. The number of halogens is 1. The van der Waals surface area contributed by atoms with Crippen LogP contribution in [0, 0.1) is 5.82 Å². The minimum absolute atomic E-state index is 0.185. The molecule has 1 amide bonds. The van der Waals surface area contributed by atoms with E-state index in [1.807, 2.05) is 26.8 Å². The van der Waals surface area contributed by atoms with Crippen molar-refractivity contribution in [3.05, 3.63) is 59.0 Å². The number of carboxylic acids is 1. The summed E-state index contributed by atoms with van der Waals surface area (Å²) in [6.45, 7) is 5.97. The van der Waals surface area contributed by atoms with Gasteiger partial charge in [0.2, 0.25) is 0 Å². The lowest BCUT2D eigenvalue weighted by Gasteiger charge is -2.18. The third kappa shape index (κ3) is 3.91. The number of aromatic nitrogens is 1. The van der Waals surface area contributed by atoms with E-state index < -0.39 is 17.7 Å². The Hall–Kier alpha value is -2.76. The number of amides is 1. The van der Waals surface area contributed by atoms with Crippen LogP contribution in [-0.2, 0) is 5.41 Å². The zero-order valence-electron chi connectivity index (χ0n) is 13.1. The Morgan fingerprint density at radius 2 is 1.87 bits per heavy atom. The number of carboxylic acid groups (broad SMARTS) is 1. The maximum atomic E-state index is 13.9. The number of rotatable bonds is 3.